The van der Waals surface area contributed by atoms with Crippen molar-refractivity contribution in [1.82, 2.24) is 10.4 Å². The monoisotopic (exact) mass is 247 g/mol. The van der Waals surface area contributed by atoms with Crippen molar-refractivity contribution in [3.8, 4) is 0 Å². The molecule has 18 heavy (non-hydrogen) atoms. The molecule has 100 valence electrons. The van der Waals surface area contributed by atoms with Gasteiger partial charge >= 0.3 is 0 Å². The Morgan fingerprint density at radius 1 is 1.17 bits per heavy atom. The standard InChI is InChI=1S/C15H25N3/c1-11-9-10-14(12(2)17-11)15(18-16)13-7-5-3-4-6-8-13/h9-10,13,15,18H,3-8,16H2,1-2H3. The molecule has 1 aromatic rings. The highest BCUT2D eigenvalue weighted by atomic mass is 15.2. The van der Waals surface area contributed by atoms with E-state index < -0.39 is 0 Å². The molecule has 1 aliphatic carbocycles. The predicted molar refractivity (Wildman–Crippen MR) is 75.0 cm³/mol. The Bertz CT molecular complexity index is 381. The Balaban J connectivity index is 2.20. The third-order valence-corrected chi connectivity index (χ3v) is 4.15. The predicted octanol–water partition coefficient (Wildman–Crippen LogP) is 3.17. The fourth-order valence-corrected chi connectivity index (χ4v) is 3.15. The van der Waals surface area contributed by atoms with Gasteiger partial charge in [-0.2, -0.15) is 0 Å². The molecule has 0 spiro atoms. The Labute approximate surface area is 110 Å². The highest BCUT2D eigenvalue weighted by Gasteiger charge is 2.24. The molecule has 3 heteroatoms. The third kappa shape index (κ3) is 3.09. The second-order valence-corrected chi connectivity index (χ2v) is 5.52. The molecule has 3 nitrogen and oxygen atoms in total. The van der Waals surface area contributed by atoms with Gasteiger partial charge in [0, 0.05) is 11.4 Å². The maximum atomic E-state index is 5.82. The lowest BCUT2D eigenvalue weighted by Crippen LogP contribution is -2.34. The molecule has 0 aliphatic heterocycles. The van der Waals surface area contributed by atoms with Gasteiger partial charge in [-0.25, -0.2) is 0 Å². The first-order valence-electron chi connectivity index (χ1n) is 7.12. The second kappa shape index (κ2) is 6.30. The van der Waals surface area contributed by atoms with Gasteiger partial charge in [0.2, 0.25) is 0 Å². The van der Waals surface area contributed by atoms with Crippen molar-refractivity contribution in [3.63, 3.8) is 0 Å². The molecule has 1 aromatic heterocycles. The van der Waals surface area contributed by atoms with E-state index in [1.54, 1.807) is 0 Å². The molecule has 0 saturated heterocycles. The summed E-state index contributed by atoms with van der Waals surface area (Å²) < 4.78 is 0. The van der Waals surface area contributed by atoms with Gasteiger partial charge in [-0.1, -0.05) is 31.7 Å². The molecule has 1 saturated carbocycles. The van der Waals surface area contributed by atoms with Crippen LogP contribution in [0.5, 0.6) is 0 Å². The van der Waals surface area contributed by atoms with Gasteiger partial charge in [0.25, 0.3) is 0 Å². The van der Waals surface area contributed by atoms with E-state index in [2.05, 4.69) is 29.5 Å². The van der Waals surface area contributed by atoms with E-state index >= 15 is 0 Å². The van der Waals surface area contributed by atoms with Crippen molar-refractivity contribution in [1.29, 1.82) is 0 Å². The lowest BCUT2D eigenvalue weighted by atomic mass is 9.87. The largest absolute Gasteiger partial charge is 0.271 e. The molecule has 1 fully saturated rings. The molecule has 0 amide bonds. The van der Waals surface area contributed by atoms with Gasteiger partial charge in [0.15, 0.2) is 0 Å². The highest BCUT2D eigenvalue weighted by molar-refractivity contribution is 5.25. The smallest absolute Gasteiger partial charge is 0.0506 e. The number of aromatic nitrogens is 1. The van der Waals surface area contributed by atoms with Crippen LogP contribution in [0.15, 0.2) is 12.1 Å². The summed E-state index contributed by atoms with van der Waals surface area (Å²) in [6.07, 6.45) is 7.98. The Morgan fingerprint density at radius 2 is 1.83 bits per heavy atom. The van der Waals surface area contributed by atoms with Crippen LogP contribution in [0.2, 0.25) is 0 Å². The molecular formula is C15H25N3. The maximum absolute atomic E-state index is 5.82. The van der Waals surface area contributed by atoms with Crippen LogP contribution in [0, 0.1) is 19.8 Å². The van der Waals surface area contributed by atoms with Crippen LogP contribution in [0.1, 0.15) is 61.5 Å². The van der Waals surface area contributed by atoms with Crippen molar-refractivity contribution in [2.75, 3.05) is 0 Å². The normalized spacial score (nSPS) is 19.5. The van der Waals surface area contributed by atoms with E-state index in [0.29, 0.717) is 5.92 Å². The summed E-state index contributed by atoms with van der Waals surface area (Å²) in [4.78, 5) is 4.57. The fourth-order valence-electron chi connectivity index (χ4n) is 3.15. The summed E-state index contributed by atoms with van der Waals surface area (Å²) in [5.74, 6) is 6.47. The zero-order valence-corrected chi connectivity index (χ0v) is 11.6. The lowest BCUT2D eigenvalue weighted by molar-refractivity contribution is 0.327. The van der Waals surface area contributed by atoms with Crippen LogP contribution in [0.3, 0.4) is 0 Å². The van der Waals surface area contributed by atoms with E-state index in [0.717, 1.165) is 11.4 Å². The molecule has 1 atom stereocenters. The van der Waals surface area contributed by atoms with Crippen molar-refractivity contribution in [2.45, 2.75) is 58.4 Å². The number of rotatable bonds is 3. The maximum Gasteiger partial charge on any atom is 0.0506 e. The Hall–Kier alpha value is -0.930. The minimum atomic E-state index is 0.260. The van der Waals surface area contributed by atoms with Crippen LogP contribution in [0.25, 0.3) is 0 Å². The van der Waals surface area contributed by atoms with Crippen molar-refractivity contribution in [2.24, 2.45) is 11.8 Å². The zero-order valence-electron chi connectivity index (χ0n) is 11.6. The molecule has 1 unspecified atom stereocenters. The lowest BCUT2D eigenvalue weighted by Gasteiger charge is -2.27. The van der Waals surface area contributed by atoms with Gasteiger partial charge in [-0.15, -0.1) is 0 Å². The molecule has 0 aromatic carbocycles. The van der Waals surface area contributed by atoms with E-state index in [4.69, 9.17) is 5.84 Å². The first kappa shape index (κ1) is 13.5. The summed E-state index contributed by atoms with van der Waals surface area (Å²) in [6.45, 7) is 4.12. The molecule has 1 heterocycles. The Morgan fingerprint density at radius 3 is 2.39 bits per heavy atom. The van der Waals surface area contributed by atoms with Crippen LogP contribution in [0.4, 0.5) is 0 Å². The van der Waals surface area contributed by atoms with Crippen molar-refractivity contribution < 1.29 is 0 Å². The second-order valence-electron chi connectivity index (χ2n) is 5.52. The van der Waals surface area contributed by atoms with Gasteiger partial charge < -0.3 is 0 Å². The van der Waals surface area contributed by atoms with Gasteiger partial charge in [-0.3, -0.25) is 16.3 Å². The van der Waals surface area contributed by atoms with Crippen molar-refractivity contribution >= 4 is 0 Å². The number of aryl methyl sites for hydroxylation is 2. The average Bonchev–Trinajstić information content (AvgIpc) is 2.62. The number of nitrogens with zero attached hydrogens (tertiary/aromatic N) is 1. The molecule has 0 radical (unpaired) electrons. The van der Waals surface area contributed by atoms with E-state index in [-0.39, 0.29) is 6.04 Å². The summed E-state index contributed by atoms with van der Waals surface area (Å²) in [5, 5.41) is 0. The average molecular weight is 247 g/mol. The number of hydrogen-bond acceptors (Lipinski definition) is 3. The quantitative estimate of drug-likeness (QED) is 0.490. The van der Waals surface area contributed by atoms with Gasteiger partial charge in [0.1, 0.15) is 0 Å². The van der Waals surface area contributed by atoms with E-state index in [1.807, 2.05) is 6.92 Å². The van der Waals surface area contributed by atoms with Crippen LogP contribution in [-0.4, -0.2) is 4.98 Å². The minimum absolute atomic E-state index is 0.260. The SMILES string of the molecule is Cc1ccc(C(NN)C2CCCCCC2)c(C)n1. The first-order valence-corrected chi connectivity index (χ1v) is 7.12. The van der Waals surface area contributed by atoms with Gasteiger partial charge in [0.05, 0.1) is 6.04 Å². The number of hydrogen-bond donors (Lipinski definition) is 2. The van der Waals surface area contributed by atoms with Crippen LogP contribution in [-0.2, 0) is 0 Å². The topological polar surface area (TPSA) is 50.9 Å². The summed E-state index contributed by atoms with van der Waals surface area (Å²) in [7, 11) is 0. The zero-order chi connectivity index (χ0) is 13.0. The number of nitrogens with two attached hydrogens (primary N) is 1. The third-order valence-electron chi connectivity index (χ3n) is 4.15. The summed E-state index contributed by atoms with van der Waals surface area (Å²) in [6, 6.07) is 4.53. The molecule has 1 aliphatic rings. The first-order chi connectivity index (χ1) is 8.72. The molecule has 0 bridgehead atoms. The fraction of sp³-hybridized carbons (Fsp3) is 0.667. The molecule has 3 N–H and O–H groups in total. The highest BCUT2D eigenvalue weighted by Crippen LogP contribution is 2.33. The number of pyridine rings is 1. The van der Waals surface area contributed by atoms with Crippen LogP contribution >= 0.6 is 0 Å². The molecule has 2 rings (SSSR count). The Kier molecular flexibility index (Phi) is 4.72. The number of hydrazine groups is 1. The van der Waals surface area contributed by atoms with E-state index in [9.17, 15) is 0 Å². The summed E-state index contributed by atoms with van der Waals surface area (Å²) >= 11 is 0. The molecular weight excluding hydrogens is 222 g/mol. The van der Waals surface area contributed by atoms with Crippen molar-refractivity contribution in [3.05, 3.63) is 29.1 Å². The minimum Gasteiger partial charge on any atom is -0.271 e. The van der Waals surface area contributed by atoms with Crippen LogP contribution < -0.4 is 11.3 Å². The van der Waals surface area contributed by atoms with Gasteiger partial charge in [-0.05, 0) is 44.2 Å². The summed E-state index contributed by atoms with van der Waals surface area (Å²) in [5.41, 5.74) is 6.50. The van der Waals surface area contributed by atoms with E-state index in [1.165, 1.54) is 44.1 Å². The number of nitrogens with one attached hydrogen (secondary N) is 1.